The standard InChI is InChI=1S/C20H27N5O/c1-15-20-23-18(10-19(26)22-12-17-6-3-7-21-11-17)14-25(20)9-8-24(15)13-16-4-2-5-16/h3,6-7,11,14-16H,2,4-5,8-10,12-13H2,1H3,(H,22,26)/t15-/m0/s1. The number of carbonyl (C=O) groups is 1. The summed E-state index contributed by atoms with van der Waals surface area (Å²) in [5, 5.41) is 2.95. The summed E-state index contributed by atoms with van der Waals surface area (Å²) >= 11 is 0. The second kappa shape index (κ2) is 7.58. The molecule has 1 amide bonds. The van der Waals surface area contributed by atoms with E-state index in [1.807, 2.05) is 12.1 Å². The molecule has 1 saturated carbocycles. The normalized spacial score (nSPS) is 20.4. The van der Waals surface area contributed by atoms with Crippen molar-refractivity contribution in [2.45, 2.75) is 51.7 Å². The Morgan fingerprint density at radius 3 is 2.96 bits per heavy atom. The third-order valence-corrected chi connectivity index (χ3v) is 5.68. The Morgan fingerprint density at radius 2 is 2.23 bits per heavy atom. The number of amides is 1. The van der Waals surface area contributed by atoms with Gasteiger partial charge in [-0.3, -0.25) is 14.7 Å². The van der Waals surface area contributed by atoms with Crippen molar-refractivity contribution < 1.29 is 4.79 Å². The molecule has 2 aromatic rings. The zero-order valence-electron chi connectivity index (χ0n) is 15.4. The summed E-state index contributed by atoms with van der Waals surface area (Å²) in [5.41, 5.74) is 1.87. The van der Waals surface area contributed by atoms with Crippen molar-refractivity contribution in [3.05, 3.63) is 47.8 Å². The summed E-state index contributed by atoms with van der Waals surface area (Å²) in [6, 6.07) is 4.17. The number of hydrogen-bond acceptors (Lipinski definition) is 4. The minimum absolute atomic E-state index is 0.00303. The molecule has 0 unspecified atom stereocenters. The predicted molar refractivity (Wildman–Crippen MR) is 99.3 cm³/mol. The number of rotatable bonds is 6. The molecule has 1 atom stereocenters. The second-order valence-corrected chi connectivity index (χ2v) is 7.57. The van der Waals surface area contributed by atoms with Gasteiger partial charge in [0.05, 0.1) is 18.2 Å². The molecule has 0 radical (unpaired) electrons. The van der Waals surface area contributed by atoms with Crippen molar-refractivity contribution in [2.24, 2.45) is 5.92 Å². The summed E-state index contributed by atoms with van der Waals surface area (Å²) in [7, 11) is 0. The van der Waals surface area contributed by atoms with Gasteiger partial charge in [-0.1, -0.05) is 12.5 Å². The highest BCUT2D eigenvalue weighted by Crippen LogP contribution is 2.32. The minimum atomic E-state index is 0.00303. The lowest BCUT2D eigenvalue weighted by Crippen LogP contribution is -2.41. The SMILES string of the molecule is C[C@H]1c2nc(CC(=O)NCc3cccnc3)cn2CCN1CC1CCC1. The minimum Gasteiger partial charge on any atom is -0.352 e. The van der Waals surface area contributed by atoms with Gasteiger partial charge in [0.1, 0.15) is 5.82 Å². The van der Waals surface area contributed by atoms with Gasteiger partial charge in [-0.15, -0.1) is 0 Å². The Kier molecular flexibility index (Phi) is 5.02. The van der Waals surface area contributed by atoms with Crippen LogP contribution in [-0.2, 0) is 24.3 Å². The molecule has 26 heavy (non-hydrogen) atoms. The molecule has 1 fully saturated rings. The van der Waals surface area contributed by atoms with Crippen LogP contribution < -0.4 is 5.32 Å². The first kappa shape index (κ1) is 17.2. The lowest BCUT2D eigenvalue weighted by molar-refractivity contribution is -0.120. The van der Waals surface area contributed by atoms with Crippen molar-refractivity contribution in [2.75, 3.05) is 13.1 Å². The fourth-order valence-corrected chi connectivity index (χ4v) is 3.86. The highest BCUT2D eigenvalue weighted by molar-refractivity contribution is 5.78. The number of pyridine rings is 1. The second-order valence-electron chi connectivity index (χ2n) is 7.57. The first-order chi connectivity index (χ1) is 12.7. The van der Waals surface area contributed by atoms with E-state index in [1.165, 1.54) is 25.8 Å². The zero-order valence-corrected chi connectivity index (χ0v) is 15.4. The predicted octanol–water partition coefficient (Wildman–Crippen LogP) is 2.31. The van der Waals surface area contributed by atoms with Crippen LogP contribution in [0.2, 0.25) is 0 Å². The highest BCUT2D eigenvalue weighted by atomic mass is 16.1. The largest absolute Gasteiger partial charge is 0.352 e. The molecule has 0 bridgehead atoms. The summed E-state index contributed by atoms with van der Waals surface area (Å²) in [6.45, 7) is 5.98. The van der Waals surface area contributed by atoms with Crippen LogP contribution >= 0.6 is 0 Å². The van der Waals surface area contributed by atoms with Gasteiger partial charge in [0, 0.05) is 44.8 Å². The zero-order chi connectivity index (χ0) is 17.9. The van der Waals surface area contributed by atoms with E-state index in [1.54, 1.807) is 12.4 Å². The van der Waals surface area contributed by atoms with Crippen molar-refractivity contribution >= 4 is 5.91 Å². The third kappa shape index (κ3) is 3.80. The maximum atomic E-state index is 12.2. The van der Waals surface area contributed by atoms with E-state index in [0.29, 0.717) is 19.0 Å². The quantitative estimate of drug-likeness (QED) is 0.866. The van der Waals surface area contributed by atoms with Gasteiger partial charge in [-0.2, -0.15) is 0 Å². The summed E-state index contributed by atoms with van der Waals surface area (Å²) in [4.78, 5) is 23.6. The van der Waals surface area contributed by atoms with E-state index in [2.05, 4.69) is 32.9 Å². The Bertz CT molecular complexity index is 753. The third-order valence-electron chi connectivity index (χ3n) is 5.68. The van der Waals surface area contributed by atoms with Gasteiger partial charge in [-0.25, -0.2) is 4.98 Å². The molecule has 0 aromatic carbocycles. The van der Waals surface area contributed by atoms with Gasteiger partial charge in [0.25, 0.3) is 0 Å². The van der Waals surface area contributed by atoms with Crippen LogP contribution in [0.1, 0.15) is 49.3 Å². The maximum absolute atomic E-state index is 12.2. The molecule has 1 N–H and O–H groups in total. The number of carbonyl (C=O) groups excluding carboxylic acids is 1. The Labute approximate surface area is 154 Å². The van der Waals surface area contributed by atoms with Crippen molar-refractivity contribution in [1.82, 2.24) is 24.8 Å². The monoisotopic (exact) mass is 353 g/mol. The smallest absolute Gasteiger partial charge is 0.226 e. The fraction of sp³-hybridized carbons (Fsp3) is 0.550. The Balaban J connectivity index is 1.34. The Morgan fingerprint density at radius 1 is 1.35 bits per heavy atom. The molecule has 6 heteroatoms. The first-order valence-corrected chi connectivity index (χ1v) is 9.64. The Hall–Kier alpha value is -2.21. The van der Waals surface area contributed by atoms with E-state index in [9.17, 15) is 4.79 Å². The molecular weight excluding hydrogens is 326 g/mol. The molecule has 3 heterocycles. The summed E-state index contributed by atoms with van der Waals surface area (Å²) in [6.07, 6.45) is 10.0. The lowest BCUT2D eigenvalue weighted by Gasteiger charge is -2.38. The van der Waals surface area contributed by atoms with E-state index in [4.69, 9.17) is 4.98 Å². The van der Waals surface area contributed by atoms with Crippen molar-refractivity contribution in [3.8, 4) is 0 Å². The van der Waals surface area contributed by atoms with Gasteiger partial charge in [-0.05, 0) is 37.3 Å². The van der Waals surface area contributed by atoms with Gasteiger partial charge >= 0.3 is 0 Å². The first-order valence-electron chi connectivity index (χ1n) is 9.64. The maximum Gasteiger partial charge on any atom is 0.226 e. The summed E-state index contributed by atoms with van der Waals surface area (Å²) < 4.78 is 2.23. The van der Waals surface area contributed by atoms with Gasteiger partial charge in [0.15, 0.2) is 0 Å². The van der Waals surface area contributed by atoms with E-state index in [0.717, 1.165) is 36.1 Å². The van der Waals surface area contributed by atoms with Crippen LogP contribution in [0.25, 0.3) is 0 Å². The molecule has 0 saturated heterocycles. The molecule has 1 aliphatic carbocycles. The number of nitrogens with zero attached hydrogens (tertiary/aromatic N) is 4. The number of fused-ring (bicyclic) bond motifs is 1. The molecule has 1 aliphatic heterocycles. The molecule has 2 aromatic heterocycles. The average molecular weight is 353 g/mol. The van der Waals surface area contributed by atoms with Gasteiger partial charge in [0.2, 0.25) is 5.91 Å². The van der Waals surface area contributed by atoms with Crippen LogP contribution in [0, 0.1) is 5.92 Å². The highest BCUT2D eigenvalue weighted by Gasteiger charge is 2.29. The number of hydrogen-bond donors (Lipinski definition) is 1. The average Bonchev–Trinajstić information content (AvgIpc) is 3.02. The van der Waals surface area contributed by atoms with Crippen LogP contribution in [0.15, 0.2) is 30.7 Å². The molecule has 0 spiro atoms. The molecule has 138 valence electrons. The van der Waals surface area contributed by atoms with Crippen molar-refractivity contribution in [1.29, 1.82) is 0 Å². The number of imidazole rings is 1. The van der Waals surface area contributed by atoms with E-state index >= 15 is 0 Å². The lowest BCUT2D eigenvalue weighted by atomic mass is 9.84. The topological polar surface area (TPSA) is 63.1 Å². The molecular formula is C20H27N5O. The van der Waals surface area contributed by atoms with E-state index in [-0.39, 0.29) is 5.91 Å². The molecule has 6 nitrogen and oxygen atoms in total. The summed E-state index contributed by atoms with van der Waals surface area (Å²) in [5.74, 6) is 1.98. The molecule has 4 rings (SSSR count). The van der Waals surface area contributed by atoms with Crippen LogP contribution in [0.4, 0.5) is 0 Å². The van der Waals surface area contributed by atoms with E-state index < -0.39 is 0 Å². The number of nitrogens with one attached hydrogen (secondary N) is 1. The van der Waals surface area contributed by atoms with Crippen LogP contribution in [0.5, 0.6) is 0 Å². The number of aromatic nitrogens is 3. The molecule has 2 aliphatic rings. The van der Waals surface area contributed by atoms with Crippen molar-refractivity contribution in [3.63, 3.8) is 0 Å². The van der Waals surface area contributed by atoms with Gasteiger partial charge < -0.3 is 9.88 Å². The van der Waals surface area contributed by atoms with Crippen LogP contribution in [0.3, 0.4) is 0 Å². The van der Waals surface area contributed by atoms with Crippen LogP contribution in [-0.4, -0.2) is 38.4 Å². The fourth-order valence-electron chi connectivity index (χ4n) is 3.86.